The molecular weight excluding hydrogens is 467 g/mol. The van der Waals surface area contributed by atoms with E-state index in [1.807, 2.05) is 0 Å². The van der Waals surface area contributed by atoms with Crippen molar-refractivity contribution in [1.29, 1.82) is 0 Å². The molecular formula is C25H16F3NO6. The number of benzene rings is 4. The normalized spacial score (nSPS) is 10.9. The minimum absolute atomic E-state index is 0.0296. The standard InChI is InChI=1S/C25H16F3NO6/c26-17-1-9-21(10-2-17)32-25(33-22-11-3-18(27)4-12-22,34-23-13-5-19(28)6-14-23)35-24-15-7-20(8-16-24)29(30)31/h1-16H. The van der Waals surface area contributed by atoms with Crippen molar-refractivity contribution in [1.82, 2.24) is 0 Å². The summed E-state index contributed by atoms with van der Waals surface area (Å²) in [5.74, 6) is -1.40. The average molecular weight is 483 g/mol. The van der Waals surface area contributed by atoms with Crippen LogP contribution in [-0.4, -0.2) is 11.1 Å². The number of halogens is 3. The van der Waals surface area contributed by atoms with Gasteiger partial charge in [-0.05, 0) is 84.9 Å². The highest BCUT2D eigenvalue weighted by Crippen LogP contribution is 2.31. The molecule has 0 unspecified atom stereocenters. The minimum Gasteiger partial charge on any atom is -0.386 e. The summed E-state index contributed by atoms with van der Waals surface area (Å²) < 4.78 is 63.8. The molecule has 0 spiro atoms. The predicted octanol–water partition coefficient (Wildman–Crippen LogP) is 6.24. The first-order valence-electron chi connectivity index (χ1n) is 10.1. The summed E-state index contributed by atoms with van der Waals surface area (Å²) >= 11 is 0. The number of ether oxygens (including phenoxy) is 4. The zero-order chi connectivity index (χ0) is 24.8. The molecule has 10 heteroatoms. The maximum absolute atomic E-state index is 13.5. The van der Waals surface area contributed by atoms with E-state index < -0.39 is 28.5 Å². The third-order valence-corrected chi connectivity index (χ3v) is 4.46. The number of hydrogen-bond acceptors (Lipinski definition) is 6. The molecule has 4 rings (SSSR count). The third-order valence-electron chi connectivity index (χ3n) is 4.46. The summed E-state index contributed by atoms with van der Waals surface area (Å²) in [7, 11) is 0. The molecule has 0 aromatic heterocycles. The van der Waals surface area contributed by atoms with Crippen molar-refractivity contribution in [2.75, 3.05) is 0 Å². The molecule has 0 heterocycles. The molecule has 0 amide bonds. The van der Waals surface area contributed by atoms with Crippen molar-refractivity contribution in [3.8, 4) is 23.0 Å². The highest BCUT2D eigenvalue weighted by Gasteiger charge is 2.44. The molecule has 0 N–H and O–H groups in total. The Hall–Kier alpha value is -4.73. The van der Waals surface area contributed by atoms with Crippen LogP contribution in [0.4, 0.5) is 18.9 Å². The molecule has 0 radical (unpaired) electrons. The van der Waals surface area contributed by atoms with Crippen LogP contribution in [0.5, 0.6) is 23.0 Å². The van der Waals surface area contributed by atoms with Crippen molar-refractivity contribution in [3.05, 3.63) is 125 Å². The molecule has 0 atom stereocenters. The minimum atomic E-state index is -2.45. The van der Waals surface area contributed by atoms with Crippen molar-refractivity contribution in [2.24, 2.45) is 0 Å². The van der Waals surface area contributed by atoms with Gasteiger partial charge in [-0.2, -0.15) is 0 Å². The Morgan fingerprint density at radius 3 is 1.03 bits per heavy atom. The van der Waals surface area contributed by atoms with E-state index in [4.69, 9.17) is 18.9 Å². The molecule has 4 aromatic carbocycles. The number of non-ortho nitro benzene ring substituents is 1. The quantitative estimate of drug-likeness (QED) is 0.159. The average Bonchev–Trinajstić information content (AvgIpc) is 2.84. The maximum atomic E-state index is 13.5. The van der Waals surface area contributed by atoms with E-state index >= 15 is 0 Å². The van der Waals surface area contributed by atoms with Gasteiger partial charge in [-0.15, -0.1) is 0 Å². The monoisotopic (exact) mass is 483 g/mol. The molecule has 0 fully saturated rings. The summed E-state index contributed by atoms with van der Waals surface area (Å²) in [6.45, 7) is 0. The Bertz CT molecular complexity index is 1170. The predicted molar refractivity (Wildman–Crippen MR) is 118 cm³/mol. The Morgan fingerprint density at radius 2 is 0.771 bits per heavy atom. The molecule has 0 aliphatic heterocycles. The van der Waals surface area contributed by atoms with Crippen LogP contribution in [0.1, 0.15) is 0 Å². The third kappa shape index (κ3) is 6.20. The van der Waals surface area contributed by atoms with Gasteiger partial charge in [0.1, 0.15) is 40.4 Å². The van der Waals surface area contributed by atoms with Crippen LogP contribution in [0.3, 0.4) is 0 Å². The van der Waals surface area contributed by atoms with E-state index in [1.165, 1.54) is 60.7 Å². The van der Waals surface area contributed by atoms with E-state index in [0.717, 1.165) is 36.4 Å². The van der Waals surface area contributed by atoms with Crippen LogP contribution in [0.2, 0.25) is 0 Å². The van der Waals surface area contributed by atoms with E-state index in [1.54, 1.807) is 0 Å². The maximum Gasteiger partial charge on any atom is 0.611 e. The second kappa shape index (κ2) is 10.0. The zero-order valence-corrected chi connectivity index (χ0v) is 17.8. The summed E-state index contributed by atoms with van der Waals surface area (Å²) in [6, 6.07) is 19.4. The Kier molecular flexibility index (Phi) is 6.72. The van der Waals surface area contributed by atoms with Gasteiger partial charge in [0.05, 0.1) is 4.92 Å². The first-order chi connectivity index (χ1) is 16.8. The fourth-order valence-electron chi connectivity index (χ4n) is 2.85. The number of nitrogens with zero attached hydrogens (tertiary/aromatic N) is 1. The molecule has 0 saturated heterocycles. The summed E-state index contributed by atoms with van der Waals surface area (Å²) in [6.07, 6.45) is -2.45. The first-order valence-corrected chi connectivity index (χ1v) is 10.1. The fraction of sp³-hybridized carbons (Fsp3) is 0.0400. The van der Waals surface area contributed by atoms with Crippen molar-refractivity contribution in [3.63, 3.8) is 0 Å². The molecule has 0 bridgehead atoms. The van der Waals surface area contributed by atoms with Gasteiger partial charge < -0.3 is 18.9 Å². The topological polar surface area (TPSA) is 80.1 Å². The van der Waals surface area contributed by atoms with Crippen LogP contribution in [0.15, 0.2) is 97.1 Å². The van der Waals surface area contributed by atoms with Gasteiger partial charge in [-0.25, -0.2) is 13.2 Å². The lowest BCUT2D eigenvalue weighted by molar-refractivity contribution is -0.385. The molecule has 35 heavy (non-hydrogen) atoms. The van der Waals surface area contributed by atoms with E-state index in [0.29, 0.717) is 0 Å². The SMILES string of the molecule is O=[N+]([O-])c1ccc(OC(Oc2ccc(F)cc2)(Oc2ccc(F)cc2)Oc2ccc(F)cc2)cc1. The number of hydrogen-bond donors (Lipinski definition) is 0. The second-order valence-corrected chi connectivity index (χ2v) is 7.02. The van der Waals surface area contributed by atoms with Crippen molar-refractivity contribution in [2.45, 2.75) is 6.16 Å². The van der Waals surface area contributed by atoms with Gasteiger partial charge in [0.2, 0.25) is 0 Å². The van der Waals surface area contributed by atoms with Crippen molar-refractivity contribution < 1.29 is 37.0 Å². The summed E-state index contributed by atoms with van der Waals surface area (Å²) in [4.78, 5) is 10.4. The van der Waals surface area contributed by atoms with E-state index in [2.05, 4.69) is 0 Å². The largest absolute Gasteiger partial charge is 0.611 e. The van der Waals surface area contributed by atoms with Gasteiger partial charge in [-0.1, -0.05) is 0 Å². The Labute approximate surface area is 197 Å². The Morgan fingerprint density at radius 1 is 0.514 bits per heavy atom. The van der Waals surface area contributed by atoms with Crippen LogP contribution >= 0.6 is 0 Å². The highest BCUT2D eigenvalue weighted by molar-refractivity contribution is 5.36. The zero-order valence-electron chi connectivity index (χ0n) is 17.8. The van der Waals surface area contributed by atoms with Crippen LogP contribution in [-0.2, 0) is 0 Å². The lowest BCUT2D eigenvalue weighted by Crippen LogP contribution is -2.53. The first kappa shape index (κ1) is 23.4. The fourth-order valence-corrected chi connectivity index (χ4v) is 2.85. The number of nitro benzene ring substituents is 1. The van der Waals surface area contributed by atoms with Gasteiger partial charge in [0.25, 0.3) is 5.69 Å². The molecule has 0 aliphatic carbocycles. The van der Waals surface area contributed by atoms with Gasteiger partial charge in [0, 0.05) is 12.1 Å². The molecule has 0 saturated carbocycles. The van der Waals surface area contributed by atoms with Crippen LogP contribution in [0.25, 0.3) is 0 Å². The van der Waals surface area contributed by atoms with E-state index in [-0.39, 0.29) is 28.7 Å². The molecule has 7 nitrogen and oxygen atoms in total. The highest BCUT2D eigenvalue weighted by atomic mass is 19.1. The van der Waals surface area contributed by atoms with Gasteiger partial charge in [0.15, 0.2) is 0 Å². The number of nitro groups is 1. The Balaban J connectivity index is 1.77. The molecule has 0 aliphatic rings. The van der Waals surface area contributed by atoms with E-state index in [9.17, 15) is 23.3 Å². The van der Waals surface area contributed by atoms with Gasteiger partial charge >= 0.3 is 6.16 Å². The summed E-state index contributed by atoms with van der Waals surface area (Å²) in [5.41, 5.74) is -0.193. The molecule has 178 valence electrons. The van der Waals surface area contributed by atoms with Crippen LogP contribution < -0.4 is 18.9 Å². The molecule has 4 aromatic rings. The van der Waals surface area contributed by atoms with Crippen molar-refractivity contribution >= 4 is 5.69 Å². The van der Waals surface area contributed by atoms with Crippen LogP contribution in [0, 0.1) is 27.6 Å². The lowest BCUT2D eigenvalue weighted by atomic mass is 10.3. The number of rotatable bonds is 9. The smallest absolute Gasteiger partial charge is 0.386 e. The second-order valence-electron chi connectivity index (χ2n) is 7.02. The van der Waals surface area contributed by atoms with Gasteiger partial charge in [-0.3, -0.25) is 10.1 Å². The summed E-state index contributed by atoms with van der Waals surface area (Å²) in [5, 5.41) is 11.0. The lowest BCUT2D eigenvalue weighted by Gasteiger charge is -2.32.